The number of unbranched alkanes of at least 4 members (excludes halogenated alkanes) is 1. The maximum absolute atomic E-state index is 11.0. The topological polar surface area (TPSA) is 64.6 Å². The van der Waals surface area contributed by atoms with E-state index in [4.69, 9.17) is 5.11 Å². The first-order valence-electron chi connectivity index (χ1n) is 10.3. The zero-order valence-electron chi connectivity index (χ0n) is 16.4. The summed E-state index contributed by atoms with van der Waals surface area (Å²) in [5, 5.41) is 16.1. The fraction of sp³-hybridized carbons (Fsp3) is 0.435. The van der Waals surface area contributed by atoms with E-state index in [9.17, 15) is 4.79 Å². The minimum Gasteiger partial charge on any atom is -0.478 e. The lowest BCUT2D eigenvalue weighted by Gasteiger charge is -2.27. The van der Waals surface area contributed by atoms with Crippen molar-refractivity contribution in [3.8, 4) is 0 Å². The van der Waals surface area contributed by atoms with Gasteiger partial charge in [-0.05, 0) is 42.6 Å². The van der Waals surface area contributed by atoms with E-state index in [0.717, 1.165) is 44.7 Å². The SMILES string of the molecule is O=C(O)c1ccc(CNC(CCCCN2CCNCC2)c2ccccc2)cc1. The smallest absolute Gasteiger partial charge is 0.335 e. The molecule has 1 saturated heterocycles. The molecular weight excluding hydrogens is 350 g/mol. The van der Waals surface area contributed by atoms with E-state index >= 15 is 0 Å². The standard InChI is InChI=1S/C23H31N3O2/c27-23(28)21-11-9-19(10-12-21)18-25-22(20-6-2-1-3-7-20)8-4-5-15-26-16-13-24-14-17-26/h1-3,6-7,9-12,22,24-25H,4-5,8,13-18H2,(H,27,28). The maximum Gasteiger partial charge on any atom is 0.335 e. The average molecular weight is 382 g/mol. The number of carbonyl (C=O) groups is 1. The van der Waals surface area contributed by atoms with E-state index in [2.05, 4.69) is 45.9 Å². The molecule has 150 valence electrons. The maximum atomic E-state index is 11.0. The van der Waals surface area contributed by atoms with Gasteiger partial charge in [0.25, 0.3) is 0 Å². The van der Waals surface area contributed by atoms with Gasteiger partial charge < -0.3 is 20.6 Å². The van der Waals surface area contributed by atoms with Gasteiger partial charge in [-0.15, -0.1) is 0 Å². The molecular formula is C23H31N3O2. The van der Waals surface area contributed by atoms with Gasteiger partial charge in [0, 0.05) is 38.8 Å². The van der Waals surface area contributed by atoms with Crippen molar-refractivity contribution in [3.63, 3.8) is 0 Å². The summed E-state index contributed by atoms with van der Waals surface area (Å²) >= 11 is 0. The molecule has 3 N–H and O–H groups in total. The van der Waals surface area contributed by atoms with Crippen LogP contribution in [-0.2, 0) is 6.54 Å². The Morgan fingerprint density at radius 3 is 2.43 bits per heavy atom. The van der Waals surface area contributed by atoms with Crippen LogP contribution in [-0.4, -0.2) is 48.7 Å². The summed E-state index contributed by atoms with van der Waals surface area (Å²) in [6.07, 6.45) is 3.51. The monoisotopic (exact) mass is 381 g/mol. The number of benzene rings is 2. The highest BCUT2D eigenvalue weighted by atomic mass is 16.4. The second kappa shape index (κ2) is 11.0. The lowest BCUT2D eigenvalue weighted by atomic mass is 10.00. The number of piperazine rings is 1. The molecule has 3 rings (SSSR count). The number of hydrogen-bond donors (Lipinski definition) is 3. The predicted molar refractivity (Wildman–Crippen MR) is 113 cm³/mol. The van der Waals surface area contributed by atoms with Gasteiger partial charge in [0.1, 0.15) is 0 Å². The number of rotatable bonds is 10. The molecule has 1 unspecified atom stereocenters. The molecule has 2 aromatic carbocycles. The molecule has 28 heavy (non-hydrogen) atoms. The van der Waals surface area contributed by atoms with Crippen LogP contribution in [0.4, 0.5) is 0 Å². The first-order chi connectivity index (χ1) is 13.7. The molecule has 0 bridgehead atoms. The van der Waals surface area contributed by atoms with Crippen LogP contribution in [0.5, 0.6) is 0 Å². The molecule has 5 nitrogen and oxygen atoms in total. The second-order valence-electron chi connectivity index (χ2n) is 7.43. The van der Waals surface area contributed by atoms with Gasteiger partial charge in [0.2, 0.25) is 0 Å². The van der Waals surface area contributed by atoms with Crippen LogP contribution in [0, 0.1) is 0 Å². The normalized spacial score (nSPS) is 16.0. The number of carboxylic acid groups (broad SMARTS) is 1. The molecule has 0 spiro atoms. The van der Waals surface area contributed by atoms with Crippen molar-refractivity contribution in [2.75, 3.05) is 32.7 Å². The van der Waals surface area contributed by atoms with Gasteiger partial charge in [-0.3, -0.25) is 0 Å². The Labute approximate surface area is 167 Å². The molecule has 0 aromatic heterocycles. The van der Waals surface area contributed by atoms with Crippen molar-refractivity contribution in [2.24, 2.45) is 0 Å². The second-order valence-corrected chi connectivity index (χ2v) is 7.43. The molecule has 0 aliphatic carbocycles. The molecule has 0 saturated carbocycles. The number of nitrogens with one attached hydrogen (secondary N) is 2. The fourth-order valence-corrected chi connectivity index (χ4v) is 3.70. The summed E-state index contributed by atoms with van der Waals surface area (Å²) in [7, 11) is 0. The van der Waals surface area contributed by atoms with Crippen molar-refractivity contribution in [3.05, 3.63) is 71.3 Å². The lowest BCUT2D eigenvalue weighted by molar-refractivity contribution is 0.0697. The third kappa shape index (κ3) is 6.44. The quantitative estimate of drug-likeness (QED) is 0.551. The number of aromatic carboxylic acids is 1. The van der Waals surface area contributed by atoms with E-state index in [0.29, 0.717) is 11.6 Å². The predicted octanol–water partition coefficient (Wildman–Crippen LogP) is 3.29. The van der Waals surface area contributed by atoms with Crippen molar-refractivity contribution in [2.45, 2.75) is 31.8 Å². The van der Waals surface area contributed by atoms with E-state index in [1.54, 1.807) is 12.1 Å². The summed E-state index contributed by atoms with van der Waals surface area (Å²) in [5.41, 5.74) is 2.75. The molecule has 1 aliphatic rings. The Kier molecular flexibility index (Phi) is 8.03. The average Bonchev–Trinajstić information content (AvgIpc) is 2.75. The Hall–Kier alpha value is -2.21. The van der Waals surface area contributed by atoms with Crippen molar-refractivity contribution in [1.29, 1.82) is 0 Å². The van der Waals surface area contributed by atoms with E-state index in [1.165, 1.54) is 24.9 Å². The Morgan fingerprint density at radius 1 is 1.04 bits per heavy atom. The highest BCUT2D eigenvalue weighted by molar-refractivity contribution is 5.87. The third-order valence-electron chi connectivity index (χ3n) is 5.38. The third-order valence-corrected chi connectivity index (χ3v) is 5.38. The van der Waals surface area contributed by atoms with Crippen LogP contribution in [0.15, 0.2) is 54.6 Å². The van der Waals surface area contributed by atoms with Crippen LogP contribution in [0.3, 0.4) is 0 Å². The van der Waals surface area contributed by atoms with Gasteiger partial charge in [-0.25, -0.2) is 4.79 Å². The summed E-state index contributed by atoms with van der Waals surface area (Å²) < 4.78 is 0. The van der Waals surface area contributed by atoms with Gasteiger partial charge in [0.15, 0.2) is 0 Å². The molecule has 1 aliphatic heterocycles. The Morgan fingerprint density at radius 2 is 1.75 bits per heavy atom. The molecule has 1 heterocycles. The minimum atomic E-state index is -0.883. The zero-order chi connectivity index (χ0) is 19.6. The van der Waals surface area contributed by atoms with Crippen LogP contribution in [0.1, 0.15) is 46.8 Å². The van der Waals surface area contributed by atoms with Gasteiger partial charge in [-0.1, -0.05) is 48.9 Å². The largest absolute Gasteiger partial charge is 0.478 e. The van der Waals surface area contributed by atoms with E-state index in [1.807, 2.05) is 12.1 Å². The lowest BCUT2D eigenvalue weighted by Crippen LogP contribution is -2.43. The summed E-state index contributed by atoms with van der Waals surface area (Å²) in [4.78, 5) is 13.5. The van der Waals surface area contributed by atoms with Gasteiger partial charge >= 0.3 is 5.97 Å². The van der Waals surface area contributed by atoms with Crippen LogP contribution >= 0.6 is 0 Å². The Balaban J connectivity index is 1.51. The molecule has 5 heteroatoms. The van der Waals surface area contributed by atoms with Crippen LogP contribution in [0.2, 0.25) is 0 Å². The number of hydrogen-bond acceptors (Lipinski definition) is 4. The Bertz CT molecular complexity index is 712. The summed E-state index contributed by atoms with van der Waals surface area (Å²) in [5.74, 6) is -0.883. The highest BCUT2D eigenvalue weighted by Crippen LogP contribution is 2.20. The molecule has 0 amide bonds. The van der Waals surface area contributed by atoms with E-state index in [-0.39, 0.29) is 0 Å². The highest BCUT2D eigenvalue weighted by Gasteiger charge is 2.13. The first kappa shape index (κ1) is 20.5. The first-order valence-corrected chi connectivity index (χ1v) is 10.3. The molecule has 1 atom stereocenters. The summed E-state index contributed by atoms with van der Waals surface area (Å²) in [6.45, 7) is 6.44. The van der Waals surface area contributed by atoms with Gasteiger partial charge in [0.05, 0.1) is 5.56 Å². The van der Waals surface area contributed by atoms with Crippen LogP contribution < -0.4 is 10.6 Å². The minimum absolute atomic E-state index is 0.309. The van der Waals surface area contributed by atoms with Crippen LogP contribution in [0.25, 0.3) is 0 Å². The zero-order valence-corrected chi connectivity index (χ0v) is 16.4. The summed E-state index contributed by atoms with van der Waals surface area (Å²) in [6, 6.07) is 18.0. The van der Waals surface area contributed by atoms with Crippen molar-refractivity contribution >= 4 is 5.97 Å². The fourth-order valence-electron chi connectivity index (χ4n) is 3.70. The van der Waals surface area contributed by atoms with Crippen molar-refractivity contribution in [1.82, 2.24) is 15.5 Å². The number of carboxylic acids is 1. The van der Waals surface area contributed by atoms with Gasteiger partial charge in [-0.2, -0.15) is 0 Å². The number of nitrogens with zero attached hydrogens (tertiary/aromatic N) is 1. The van der Waals surface area contributed by atoms with Crippen molar-refractivity contribution < 1.29 is 9.90 Å². The molecule has 0 radical (unpaired) electrons. The molecule has 2 aromatic rings. The molecule has 1 fully saturated rings. The van der Waals surface area contributed by atoms with E-state index < -0.39 is 5.97 Å².